The molecule has 0 bridgehead atoms. The van der Waals surface area contributed by atoms with Crippen LogP contribution in [0.4, 0.5) is 0 Å². The maximum atomic E-state index is 12.2. The van der Waals surface area contributed by atoms with Crippen molar-refractivity contribution in [3.05, 3.63) is 59.5 Å². The minimum atomic E-state index is -0.838. The molecule has 1 amide bonds. The lowest BCUT2D eigenvalue weighted by Crippen LogP contribution is -2.43. The molecule has 25 heavy (non-hydrogen) atoms. The van der Waals surface area contributed by atoms with Gasteiger partial charge >= 0.3 is 0 Å². The van der Waals surface area contributed by atoms with Crippen molar-refractivity contribution < 1.29 is 14.3 Å². The van der Waals surface area contributed by atoms with Crippen LogP contribution in [0.2, 0.25) is 0 Å². The Morgan fingerprint density at radius 1 is 1.20 bits per heavy atom. The zero-order valence-corrected chi connectivity index (χ0v) is 14.5. The molecule has 2 aromatic rings. The zero-order valence-electron chi connectivity index (χ0n) is 14.5. The Labute approximate surface area is 148 Å². The van der Waals surface area contributed by atoms with Gasteiger partial charge in [0.2, 0.25) is 0 Å². The summed E-state index contributed by atoms with van der Waals surface area (Å²) in [5.74, 6) is 0.250. The first kappa shape index (κ1) is 17.7. The number of carbonyl (C=O) groups is 1. The number of furan rings is 1. The van der Waals surface area contributed by atoms with Gasteiger partial charge in [-0.1, -0.05) is 12.1 Å². The Morgan fingerprint density at radius 3 is 2.56 bits per heavy atom. The number of carbonyl (C=O) groups excluding carboxylic acids is 1. The molecule has 134 valence electrons. The monoisotopic (exact) mass is 343 g/mol. The van der Waals surface area contributed by atoms with Crippen LogP contribution in [0.15, 0.2) is 47.1 Å². The number of piperazine rings is 1. The van der Waals surface area contributed by atoms with Crippen LogP contribution in [-0.4, -0.2) is 60.6 Å². The molecule has 6 nitrogen and oxygen atoms in total. The first-order valence-electron chi connectivity index (χ1n) is 8.61. The summed E-state index contributed by atoms with van der Waals surface area (Å²) in [5.41, 5.74) is 1.80. The van der Waals surface area contributed by atoms with Gasteiger partial charge in [0, 0.05) is 38.3 Å². The summed E-state index contributed by atoms with van der Waals surface area (Å²) < 4.78 is 5.12. The largest absolute Gasteiger partial charge is 0.467 e. The van der Waals surface area contributed by atoms with Crippen molar-refractivity contribution in [2.45, 2.75) is 12.6 Å². The minimum Gasteiger partial charge on any atom is -0.467 e. The number of amides is 1. The number of benzene rings is 1. The average Bonchev–Trinajstić information content (AvgIpc) is 3.17. The Balaban J connectivity index is 1.48. The fourth-order valence-corrected chi connectivity index (χ4v) is 2.90. The Hall–Kier alpha value is -2.15. The molecule has 0 saturated carbocycles. The van der Waals surface area contributed by atoms with Gasteiger partial charge in [-0.25, -0.2) is 0 Å². The molecule has 1 saturated heterocycles. The van der Waals surface area contributed by atoms with Gasteiger partial charge in [0.1, 0.15) is 11.9 Å². The second-order valence-corrected chi connectivity index (χ2v) is 6.52. The lowest BCUT2D eigenvalue weighted by Gasteiger charge is -2.32. The Morgan fingerprint density at radius 2 is 1.92 bits per heavy atom. The maximum absolute atomic E-state index is 12.2. The van der Waals surface area contributed by atoms with Crippen molar-refractivity contribution in [3.63, 3.8) is 0 Å². The number of nitrogens with zero attached hydrogens (tertiary/aromatic N) is 2. The highest BCUT2D eigenvalue weighted by atomic mass is 16.4. The summed E-state index contributed by atoms with van der Waals surface area (Å²) in [6, 6.07) is 11.1. The summed E-state index contributed by atoms with van der Waals surface area (Å²) in [4.78, 5) is 16.9. The van der Waals surface area contributed by atoms with Gasteiger partial charge in [0.05, 0.1) is 12.8 Å². The topological polar surface area (TPSA) is 69.0 Å². The second-order valence-electron chi connectivity index (χ2n) is 6.52. The molecule has 0 spiro atoms. The highest BCUT2D eigenvalue weighted by Gasteiger charge is 2.15. The molecule has 2 heterocycles. The number of aliphatic hydroxyl groups is 1. The third-order valence-electron chi connectivity index (χ3n) is 4.55. The van der Waals surface area contributed by atoms with E-state index in [-0.39, 0.29) is 12.5 Å². The SMILES string of the molecule is CN1CCN(Cc2ccc(C(=O)NCC(O)c3ccco3)cc2)CC1. The van der Waals surface area contributed by atoms with Crippen LogP contribution in [0.1, 0.15) is 27.8 Å². The summed E-state index contributed by atoms with van der Waals surface area (Å²) >= 11 is 0. The van der Waals surface area contributed by atoms with E-state index in [9.17, 15) is 9.90 Å². The van der Waals surface area contributed by atoms with Crippen LogP contribution >= 0.6 is 0 Å². The molecular formula is C19H25N3O3. The number of likely N-dealkylation sites (N-methyl/N-ethyl adjacent to an activating group) is 1. The number of hydrogen-bond acceptors (Lipinski definition) is 5. The third kappa shape index (κ3) is 4.92. The molecule has 2 N–H and O–H groups in total. The molecule has 0 radical (unpaired) electrons. The first-order chi connectivity index (χ1) is 12.1. The molecule has 1 atom stereocenters. The summed E-state index contributed by atoms with van der Waals surface area (Å²) in [7, 11) is 2.15. The van der Waals surface area contributed by atoms with Crippen LogP contribution < -0.4 is 5.32 Å². The molecule has 1 aliphatic rings. The van der Waals surface area contributed by atoms with E-state index in [0.29, 0.717) is 11.3 Å². The summed E-state index contributed by atoms with van der Waals surface area (Å²) in [6.07, 6.45) is 0.662. The maximum Gasteiger partial charge on any atom is 0.251 e. The van der Waals surface area contributed by atoms with E-state index in [2.05, 4.69) is 22.2 Å². The number of hydrogen-bond donors (Lipinski definition) is 2. The number of rotatable bonds is 6. The Kier molecular flexibility index (Phi) is 5.86. The smallest absolute Gasteiger partial charge is 0.251 e. The van der Waals surface area contributed by atoms with Gasteiger partial charge in [-0.2, -0.15) is 0 Å². The molecule has 0 aliphatic carbocycles. The third-order valence-corrected chi connectivity index (χ3v) is 4.55. The van der Waals surface area contributed by atoms with Crippen molar-refractivity contribution in [3.8, 4) is 0 Å². The van der Waals surface area contributed by atoms with E-state index < -0.39 is 6.10 Å². The van der Waals surface area contributed by atoms with Crippen molar-refractivity contribution in [2.75, 3.05) is 39.8 Å². The zero-order chi connectivity index (χ0) is 17.6. The average molecular weight is 343 g/mol. The van der Waals surface area contributed by atoms with Gasteiger partial charge in [-0.05, 0) is 36.9 Å². The van der Waals surface area contributed by atoms with Crippen LogP contribution in [-0.2, 0) is 6.54 Å². The van der Waals surface area contributed by atoms with E-state index in [4.69, 9.17) is 4.42 Å². The predicted octanol–water partition coefficient (Wildman–Crippen LogP) is 1.49. The highest BCUT2D eigenvalue weighted by Crippen LogP contribution is 2.13. The highest BCUT2D eigenvalue weighted by molar-refractivity contribution is 5.94. The van der Waals surface area contributed by atoms with Crippen LogP contribution in [0.3, 0.4) is 0 Å². The van der Waals surface area contributed by atoms with E-state index in [0.717, 1.165) is 32.7 Å². The molecule has 1 aromatic carbocycles. The molecule has 1 fully saturated rings. The van der Waals surface area contributed by atoms with E-state index in [1.807, 2.05) is 24.3 Å². The van der Waals surface area contributed by atoms with E-state index >= 15 is 0 Å². The van der Waals surface area contributed by atoms with Gasteiger partial charge in [0.15, 0.2) is 0 Å². The molecule has 1 aromatic heterocycles. The van der Waals surface area contributed by atoms with Gasteiger partial charge < -0.3 is 19.7 Å². The standard InChI is InChI=1S/C19H25N3O3/c1-21-8-10-22(11-9-21)14-15-4-6-16(7-5-15)19(24)20-13-17(23)18-3-2-12-25-18/h2-7,12,17,23H,8-11,13-14H2,1H3,(H,20,24). The van der Waals surface area contributed by atoms with E-state index in [1.54, 1.807) is 12.1 Å². The molecular weight excluding hydrogens is 318 g/mol. The van der Waals surface area contributed by atoms with Crippen molar-refractivity contribution >= 4 is 5.91 Å². The first-order valence-corrected chi connectivity index (χ1v) is 8.61. The molecule has 1 unspecified atom stereocenters. The van der Waals surface area contributed by atoms with Crippen LogP contribution in [0, 0.1) is 0 Å². The summed E-state index contributed by atoms with van der Waals surface area (Å²) in [5, 5.41) is 12.7. The van der Waals surface area contributed by atoms with Gasteiger partial charge in [0.25, 0.3) is 5.91 Å². The molecule has 3 rings (SSSR count). The summed E-state index contributed by atoms with van der Waals surface area (Å²) in [6.45, 7) is 5.37. The fraction of sp³-hybridized carbons (Fsp3) is 0.421. The molecule has 6 heteroatoms. The van der Waals surface area contributed by atoms with Crippen molar-refractivity contribution in [2.24, 2.45) is 0 Å². The minimum absolute atomic E-state index is 0.120. The quantitative estimate of drug-likeness (QED) is 0.832. The fourth-order valence-electron chi connectivity index (χ4n) is 2.90. The predicted molar refractivity (Wildman–Crippen MR) is 95.2 cm³/mol. The number of aliphatic hydroxyl groups excluding tert-OH is 1. The van der Waals surface area contributed by atoms with E-state index in [1.165, 1.54) is 11.8 Å². The van der Waals surface area contributed by atoms with Crippen LogP contribution in [0.25, 0.3) is 0 Å². The Bertz CT molecular complexity index is 662. The lowest BCUT2D eigenvalue weighted by molar-refractivity contribution is 0.0901. The van der Waals surface area contributed by atoms with Crippen LogP contribution in [0.5, 0.6) is 0 Å². The van der Waals surface area contributed by atoms with Crippen molar-refractivity contribution in [1.82, 2.24) is 15.1 Å². The normalized spacial score (nSPS) is 17.4. The lowest BCUT2D eigenvalue weighted by atomic mass is 10.1. The van der Waals surface area contributed by atoms with Gasteiger partial charge in [-0.15, -0.1) is 0 Å². The molecule has 1 aliphatic heterocycles. The van der Waals surface area contributed by atoms with Crippen molar-refractivity contribution in [1.29, 1.82) is 0 Å². The second kappa shape index (κ2) is 8.29. The number of nitrogens with one attached hydrogen (secondary N) is 1. The van der Waals surface area contributed by atoms with Gasteiger partial charge in [-0.3, -0.25) is 9.69 Å².